The Labute approximate surface area is 109 Å². The van der Waals surface area contributed by atoms with Crippen molar-refractivity contribution in [2.45, 2.75) is 30.7 Å². The van der Waals surface area contributed by atoms with Crippen LogP contribution in [0.2, 0.25) is 0 Å². The number of alkyl halides is 3. The Hall–Kier alpha value is -1.99. The van der Waals surface area contributed by atoms with E-state index in [1.54, 1.807) is 0 Å². The fraction of sp³-hybridized carbons (Fsp3) is 0.417. The molecule has 0 amide bonds. The van der Waals surface area contributed by atoms with Gasteiger partial charge in [0.2, 0.25) is 0 Å². The van der Waals surface area contributed by atoms with Crippen LogP contribution in [-0.2, 0) is 10.2 Å². The first-order valence-electron chi connectivity index (χ1n) is 5.61. The lowest BCUT2D eigenvalue weighted by molar-refractivity contribution is -0.275. The van der Waals surface area contributed by atoms with Crippen molar-refractivity contribution in [2.24, 2.45) is 0 Å². The maximum Gasteiger partial charge on any atom is 0.573 e. The van der Waals surface area contributed by atoms with Gasteiger partial charge in [0.05, 0.1) is 0 Å². The van der Waals surface area contributed by atoms with Crippen LogP contribution in [0, 0.1) is 5.82 Å². The van der Waals surface area contributed by atoms with Gasteiger partial charge in [0.1, 0.15) is 16.8 Å². The van der Waals surface area contributed by atoms with E-state index in [1.807, 2.05) is 0 Å². The molecular weight excluding hydrogens is 284 g/mol. The van der Waals surface area contributed by atoms with Gasteiger partial charge >= 0.3 is 12.3 Å². The zero-order valence-corrected chi connectivity index (χ0v) is 10.0. The molecule has 4 nitrogen and oxygen atoms in total. The van der Waals surface area contributed by atoms with Crippen LogP contribution in [0.4, 0.5) is 17.6 Å². The highest BCUT2D eigenvalue weighted by Gasteiger charge is 2.78. The van der Waals surface area contributed by atoms with Crippen LogP contribution in [0.3, 0.4) is 0 Å². The molecule has 0 radical (unpaired) electrons. The molecule has 1 aliphatic carbocycles. The number of fused-ring (bicyclic) bond motifs is 3. The van der Waals surface area contributed by atoms with Gasteiger partial charge in [0.15, 0.2) is 11.6 Å². The molecule has 1 aliphatic heterocycles. The second-order valence-electron chi connectivity index (χ2n) is 5.05. The fourth-order valence-corrected chi connectivity index (χ4v) is 2.78. The molecule has 0 spiro atoms. The molecule has 2 unspecified atom stereocenters. The maximum atomic E-state index is 13.5. The summed E-state index contributed by atoms with van der Waals surface area (Å²) in [5, 5.41) is 9.28. The van der Waals surface area contributed by atoms with Crippen LogP contribution in [-0.4, -0.2) is 23.0 Å². The Kier molecular flexibility index (Phi) is 2.19. The second kappa shape index (κ2) is 3.36. The van der Waals surface area contributed by atoms with Crippen LogP contribution < -0.4 is 9.47 Å². The largest absolute Gasteiger partial charge is 0.573 e. The van der Waals surface area contributed by atoms with E-state index in [-0.39, 0.29) is 17.7 Å². The van der Waals surface area contributed by atoms with Crippen molar-refractivity contribution in [3.05, 3.63) is 23.5 Å². The zero-order valence-electron chi connectivity index (χ0n) is 10.0. The van der Waals surface area contributed by atoms with Gasteiger partial charge in [-0.2, -0.15) is 0 Å². The number of hydrogen-bond donors (Lipinski definition) is 1. The molecule has 8 heteroatoms. The van der Waals surface area contributed by atoms with E-state index in [0.29, 0.717) is 0 Å². The lowest BCUT2D eigenvalue weighted by Crippen LogP contribution is -2.28. The monoisotopic (exact) mass is 292 g/mol. The molecule has 2 atom stereocenters. The first-order chi connectivity index (χ1) is 9.09. The first-order valence-corrected chi connectivity index (χ1v) is 5.61. The Bertz CT molecular complexity index is 627. The molecule has 1 saturated carbocycles. The van der Waals surface area contributed by atoms with Crippen molar-refractivity contribution in [3.63, 3.8) is 0 Å². The third-order valence-corrected chi connectivity index (χ3v) is 3.80. The Morgan fingerprint density at radius 2 is 2.10 bits per heavy atom. The van der Waals surface area contributed by atoms with Gasteiger partial charge in [-0.3, -0.25) is 4.79 Å². The quantitative estimate of drug-likeness (QED) is 0.851. The first kappa shape index (κ1) is 13.0. The molecule has 0 saturated heterocycles. The highest BCUT2D eigenvalue weighted by molar-refractivity contribution is 5.91. The number of aliphatic carboxylic acids is 1. The van der Waals surface area contributed by atoms with E-state index in [0.717, 1.165) is 12.1 Å². The molecule has 1 aromatic rings. The summed E-state index contributed by atoms with van der Waals surface area (Å²) in [4.78, 5) is 11.4. The summed E-state index contributed by atoms with van der Waals surface area (Å²) < 4.78 is 58.9. The molecule has 2 aliphatic rings. The molecule has 0 bridgehead atoms. The van der Waals surface area contributed by atoms with Crippen LogP contribution >= 0.6 is 0 Å². The minimum absolute atomic E-state index is 0.00755. The summed E-state index contributed by atoms with van der Waals surface area (Å²) in [6.07, 6.45) is -4.93. The van der Waals surface area contributed by atoms with Gasteiger partial charge in [-0.05, 0) is 13.0 Å². The van der Waals surface area contributed by atoms with Crippen molar-refractivity contribution >= 4 is 5.97 Å². The van der Waals surface area contributed by atoms with Crippen LogP contribution in [0.15, 0.2) is 12.1 Å². The summed E-state index contributed by atoms with van der Waals surface area (Å²) in [6.45, 7) is 1.52. The number of hydrogen-bond acceptors (Lipinski definition) is 3. The third kappa shape index (κ3) is 1.50. The summed E-state index contributed by atoms with van der Waals surface area (Å²) in [7, 11) is 0. The number of ether oxygens (including phenoxy) is 2. The van der Waals surface area contributed by atoms with Gasteiger partial charge in [-0.15, -0.1) is 13.2 Å². The van der Waals surface area contributed by atoms with Crippen LogP contribution in [0.25, 0.3) is 0 Å². The number of benzene rings is 1. The minimum atomic E-state index is -5.06. The number of carbonyl (C=O) groups is 1. The molecule has 1 fully saturated rings. The van der Waals surface area contributed by atoms with Crippen molar-refractivity contribution in [2.75, 3.05) is 0 Å². The number of carboxylic acids is 1. The van der Waals surface area contributed by atoms with E-state index in [1.165, 1.54) is 6.92 Å². The molecule has 1 heterocycles. The molecule has 0 aromatic heterocycles. The molecule has 1 N–H and O–H groups in total. The fourth-order valence-electron chi connectivity index (χ4n) is 2.78. The lowest BCUT2D eigenvalue weighted by Gasteiger charge is -2.13. The summed E-state index contributed by atoms with van der Waals surface area (Å²) in [6, 6.07) is 1.48. The number of carboxylic acid groups (broad SMARTS) is 1. The molecule has 108 valence electrons. The molecule has 3 rings (SSSR count). The van der Waals surface area contributed by atoms with Gasteiger partial charge in [-0.1, -0.05) is 0 Å². The second-order valence-corrected chi connectivity index (χ2v) is 5.05. The van der Waals surface area contributed by atoms with E-state index in [2.05, 4.69) is 4.74 Å². The minimum Gasteiger partial charge on any atom is -0.486 e. The Balaban J connectivity index is 2.10. The van der Waals surface area contributed by atoms with Crippen molar-refractivity contribution in [3.8, 4) is 11.5 Å². The van der Waals surface area contributed by atoms with Gasteiger partial charge in [0.25, 0.3) is 0 Å². The van der Waals surface area contributed by atoms with Gasteiger partial charge in [0, 0.05) is 18.1 Å². The number of halogens is 4. The van der Waals surface area contributed by atoms with Crippen LogP contribution in [0.5, 0.6) is 11.5 Å². The van der Waals surface area contributed by atoms with E-state index in [4.69, 9.17) is 4.74 Å². The Morgan fingerprint density at radius 1 is 1.45 bits per heavy atom. The maximum absolute atomic E-state index is 13.5. The highest BCUT2D eigenvalue weighted by atomic mass is 19.4. The molecule has 1 aromatic carbocycles. The smallest absolute Gasteiger partial charge is 0.486 e. The van der Waals surface area contributed by atoms with E-state index < -0.39 is 34.9 Å². The average molecular weight is 292 g/mol. The summed E-state index contributed by atoms with van der Waals surface area (Å²) in [5.41, 5.74) is -2.47. The SMILES string of the molecule is CC12CC1(C(=O)O)c1cc(OC(F)(F)F)c(F)cc1O2. The topological polar surface area (TPSA) is 55.8 Å². The highest BCUT2D eigenvalue weighted by Crippen LogP contribution is 2.67. The van der Waals surface area contributed by atoms with E-state index >= 15 is 0 Å². The summed E-state index contributed by atoms with van der Waals surface area (Å²) in [5.74, 6) is -3.60. The lowest BCUT2D eigenvalue weighted by atomic mass is 9.93. The van der Waals surface area contributed by atoms with Crippen LogP contribution in [0.1, 0.15) is 18.9 Å². The van der Waals surface area contributed by atoms with Gasteiger partial charge < -0.3 is 14.6 Å². The molecule has 20 heavy (non-hydrogen) atoms. The normalized spacial score (nSPS) is 30.2. The average Bonchev–Trinajstić information content (AvgIpc) is 2.80. The van der Waals surface area contributed by atoms with Crippen molar-refractivity contribution in [1.82, 2.24) is 0 Å². The van der Waals surface area contributed by atoms with Crippen molar-refractivity contribution in [1.29, 1.82) is 0 Å². The third-order valence-electron chi connectivity index (χ3n) is 3.80. The van der Waals surface area contributed by atoms with Gasteiger partial charge in [-0.25, -0.2) is 4.39 Å². The standard InChI is InChI=1S/C12H8F4O4/c1-10-4-11(10,9(17)18)5-2-8(20-12(14,15)16)6(13)3-7(5)19-10/h2-3H,4H2,1H3,(H,17,18). The zero-order chi connectivity index (χ0) is 14.9. The van der Waals surface area contributed by atoms with Crippen molar-refractivity contribution < 1.29 is 36.9 Å². The van der Waals surface area contributed by atoms with E-state index in [9.17, 15) is 27.5 Å². The Morgan fingerprint density at radius 3 is 2.65 bits per heavy atom. The molecular formula is C12H8F4O4. The predicted molar refractivity (Wildman–Crippen MR) is 56.0 cm³/mol. The summed E-state index contributed by atoms with van der Waals surface area (Å²) >= 11 is 0. The number of rotatable bonds is 2. The predicted octanol–water partition coefficient (Wildman–Crippen LogP) is 2.60.